The van der Waals surface area contributed by atoms with Crippen molar-refractivity contribution in [3.05, 3.63) is 47.5 Å². The third kappa shape index (κ3) is 4.23. The van der Waals surface area contributed by atoms with Gasteiger partial charge in [-0.3, -0.25) is 4.79 Å². The van der Waals surface area contributed by atoms with Crippen LogP contribution in [0.15, 0.2) is 41.3 Å². The maximum absolute atomic E-state index is 12.9. The van der Waals surface area contributed by atoms with Crippen LogP contribution in [0.4, 0.5) is 5.69 Å². The van der Waals surface area contributed by atoms with Gasteiger partial charge in [-0.05, 0) is 54.7 Å². The van der Waals surface area contributed by atoms with Crippen LogP contribution in [0.3, 0.4) is 0 Å². The van der Waals surface area contributed by atoms with Crippen molar-refractivity contribution in [2.45, 2.75) is 30.6 Å². The summed E-state index contributed by atoms with van der Waals surface area (Å²) in [6, 6.07) is 10.4. The number of nitrogens with one attached hydrogen (secondary N) is 1. The van der Waals surface area contributed by atoms with Crippen LogP contribution in [-0.4, -0.2) is 45.4 Å². The molecule has 1 aliphatic carbocycles. The number of anilines is 1. The molecule has 29 heavy (non-hydrogen) atoms. The Kier molecular flexibility index (Phi) is 5.47. The summed E-state index contributed by atoms with van der Waals surface area (Å²) in [6.07, 6.45) is 3.94. The molecule has 0 saturated carbocycles. The number of likely N-dealkylation sites (N-methyl/N-ethyl adjacent to an activating group) is 1. The molecule has 0 saturated heterocycles. The quantitative estimate of drug-likeness (QED) is 0.810. The molecule has 0 aromatic heterocycles. The van der Waals surface area contributed by atoms with Crippen LogP contribution in [0.5, 0.6) is 11.5 Å². The minimum absolute atomic E-state index is 0.0644. The zero-order chi connectivity index (χ0) is 20.4. The molecule has 0 atom stereocenters. The average Bonchev–Trinajstić information content (AvgIpc) is 3.03. The number of benzene rings is 2. The number of sulfonamides is 1. The van der Waals surface area contributed by atoms with Crippen molar-refractivity contribution in [3.8, 4) is 11.5 Å². The Bertz CT molecular complexity index is 1040. The van der Waals surface area contributed by atoms with E-state index in [0.717, 1.165) is 30.0 Å². The van der Waals surface area contributed by atoms with Gasteiger partial charge in [0, 0.05) is 25.2 Å². The second-order valence-electron chi connectivity index (χ2n) is 7.31. The van der Waals surface area contributed by atoms with Crippen molar-refractivity contribution in [3.63, 3.8) is 0 Å². The number of carbonyl (C=O) groups excluding carboxylic acids is 1. The Labute approximate surface area is 170 Å². The number of rotatable bonds is 5. The lowest BCUT2D eigenvalue weighted by atomic mass is 10.1. The van der Waals surface area contributed by atoms with Gasteiger partial charge >= 0.3 is 0 Å². The smallest absolute Gasteiger partial charge is 0.243 e. The first-order valence-electron chi connectivity index (χ1n) is 9.71. The van der Waals surface area contributed by atoms with Gasteiger partial charge < -0.3 is 14.8 Å². The molecular formula is C21H24N2O5S. The highest BCUT2D eigenvalue weighted by atomic mass is 32.2. The molecule has 1 aliphatic heterocycles. The lowest BCUT2D eigenvalue weighted by Gasteiger charge is -2.18. The summed E-state index contributed by atoms with van der Waals surface area (Å²) in [7, 11) is -2.45. The van der Waals surface area contributed by atoms with Gasteiger partial charge in [0.2, 0.25) is 15.9 Å². The van der Waals surface area contributed by atoms with Crippen molar-refractivity contribution < 1.29 is 22.7 Å². The molecule has 2 aromatic rings. The Morgan fingerprint density at radius 3 is 2.59 bits per heavy atom. The SMILES string of the molecule is CN(CC(=O)Nc1ccc2c(c1)CCC2)S(=O)(=O)c1ccc2c(c1)OCCCO2. The van der Waals surface area contributed by atoms with Gasteiger partial charge in [-0.1, -0.05) is 6.07 Å². The summed E-state index contributed by atoms with van der Waals surface area (Å²) in [5, 5.41) is 2.79. The zero-order valence-electron chi connectivity index (χ0n) is 16.3. The highest BCUT2D eigenvalue weighted by Crippen LogP contribution is 2.32. The molecule has 0 spiro atoms. The van der Waals surface area contributed by atoms with Gasteiger partial charge in [-0.15, -0.1) is 0 Å². The van der Waals surface area contributed by atoms with Gasteiger partial charge in [-0.25, -0.2) is 8.42 Å². The van der Waals surface area contributed by atoms with E-state index in [1.807, 2.05) is 18.2 Å². The van der Waals surface area contributed by atoms with Crippen LogP contribution < -0.4 is 14.8 Å². The summed E-state index contributed by atoms with van der Waals surface area (Å²) < 4.78 is 37.9. The summed E-state index contributed by atoms with van der Waals surface area (Å²) in [4.78, 5) is 12.5. The number of aryl methyl sites for hydroxylation is 2. The van der Waals surface area contributed by atoms with Crippen molar-refractivity contribution in [2.24, 2.45) is 0 Å². The zero-order valence-corrected chi connectivity index (χ0v) is 17.1. The molecule has 0 bridgehead atoms. The van der Waals surface area contributed by atoms with E-state index in [2.05, 4.69) is 5.32 Å². The number of fused-ring (bicyclic) bond motifs is 2. The van der Waals surface area contributed by atoms with Crippen molar-refractivity contribution in [2.75, 3.05) is 32.1 Å². The fraction of sp³-hybridized carbons (Fsp3) is 0.381. The lowest BCUT2D eigenvalue weighted by molar-refractivity contribution is -0.116. The first kappa shape index (κ1) is 19.7. The van der Waals surface area contributed by atoms with Crippen LogP contribution in [0.2, 0.25) is 0 Å². The van der Waals surface area contributed by atoms with E-state index < -0.39 is 10.0 Å². The lowest BCUT2D eigenvalue weighted by Crippen LogP contribution is -2.35. The molecule has 2 aliphatic rings. The normalized spacial score (nSPS) is 15.7. The van der Waals surface area contributed by atoms with E-state index in [4.69, 9.17) is 9.47 Å². The monoisotopic (exact) mass is 416 g/mol. The Morgan fingerprint density at radius 2 is 1.76 bits per heavy atom. The van der Waals surface area contributed by atoms with Crippen molar-refractivity contribution in [1.82, 2.24) is 4.31 Å². The van der Waals surface area contributed by atoms with E-state index in [0.29, 0.717) is 30.4 Å². The minimum atomic E-state index is -3.84. The first-order valence-corrected chi connectivity index (χ1v) is 11.1. The second-order valence-corrected chi connectivity index (χ2v) is 9.35. The Balaban J connectivity index is 1.45. The molecule has 1 heterocycles. The fourth-order valence-corrected chi connectivity index (χ4v) is 4.76. The predicted molar refractivity (Wildman–Crippen MR) is 109 cm³/mol. The largest absolute Gasteiger partial charge is 0.490 e. The molecule has 2 aromatic carbocycles. The van der Waals surface area contributed by atoms with E-state index >= 15 is 0 Å². The van der Waals surface area contributed by atoms with Crippen LogP contribution in [0.25, 0.3) is 0 Å². The predicted octanol–water partition coefficient (Wildman–Crippen LogP) is 2.60. The molecule has 4 rings (SSSR count). The van der Waals surface area contributed by atoms with E-state index in [1.54, 1.807) is 6.07 Å². The molecule has 8 heteroatoms. The highest BCUT2D eigenvalue weighted by molar-refractivity contribution is 7.89. The summed E-state index contributed by atoms with van der Waals surface area (Å²) in [5.41, 5.74) is 3.25. The molecule has 0 radical (unpaired) electrons. The average molecular weight is 416 g/mol. The van der Waals surface area contributed by atoms with E-state index in [1.165, 1.54) is 30.3 Å². The second kappa shape index (κ2) is 8.04. The molecule has 154 valence electrons. The van der Waals surface area contributed by atoms with Gasteiger partial charge in [-0.2, -0.15) is 4.31 Å². The summed E-state index contributed by atoms with van der Waals surface area (Å²) >= 11 is 0. The molecule has 0 unspecified atom stereocenters. The summed E-state index contributed by atoms with van der Waals surface area (Å²) in [5.74, 6) is 0.543. The van der Waals surface area contributed by atoms with Gasteiger partial charge in [0.1, 0.15) is 0 Å². The standard InChI is InChI=1S/C21H24N2O5S/c1-23(14-21(24)22-17-7-6-15-4-2-5-16(15)12-17)29(25,26)18-8-9-19-20(13-18)28-11-3-10-27-19/h6-9,12-13H,2-5,10-11,14H2,1H3,(H,22,24). The summed E-state index contributed by atoms with van der Waals surface area (Å²) in [6.45, 7) is 0.714. The molecule has 1 amide bonds. The van der Waals surface area contributed by atoms with Crippen LogP contribution >= 0.6 is 0 Å². The van der Waals surface area contributed by atoms with Gasteiger partial charge in [0.15, 0.2) is 11.5 Å². The number of carbonyl (C=O) groups is 1. The topological polar surface area (TPSA) is 84.9 Å². The van der Waals surface area contributed by atoms with Crippen LogP contribution in [0.1, 0.15) is 24.0 Å². The minimum Gasteiger partial charge on any atom is -0.490 e. The Hall–Kier alpha value is -2.58. The maximum atomic E-state index is 12.9. The van der Waals surface area contributed by atoms with Crippen LogP contribution in [0, 0.1) is 0 Å². The number of hydrogen-bond donors (Lipinski definition) is 1. The third-order valence-electron chi connectivity index (χ3n) is 5.18. The van der Waals surface area contributed by atoms with E-state index in [-0.39, 0.29) is 17.3 Å². The number of hydrogen-bond acceptors (Lipinski definition) is 5. The number of ether oxygens (including phenoxy) is 2. The number of amides is 1. The molecule has 7 nitrogen and oxygen atoms in total. The fourth-order valence-electron chi connectivity index (χ4n) is 3.62. The van der Waals surface area contributed by atoms with Crippen molar-refractivity contribution in [1.29, 1.82) is 0 Å². The molecular weight excluding hydrogens is 392 g/mol. The molecule has 1 N–H and O–H groups in total. The maximum Gasteiger partial charge on any atom is 0.243 e. The van der Waals surface area contributed by atoms with Gasteiger partial charge in [0.25, 0.3) is 0 Å². The van der Waals surface area contributed by atoms with Crippen LogP contribution in [-0.2, 0) is 27.7 Å². The third-order valence-corrected chi connectivity index (χ3v) is 6.98. The first-order chi connectivity index (χ1) is 13.9. The van der Waals surface area contributed by atoms with Gasteiger partial charge in [0.05, 0.1) is 24.7 Å². The highest BCUT2D eigenvalue weighted by Gasteiger charge is 2.25. The number of nitrogens with zero attached hydrogens (tertiary/aromatic N) is 1. The van der Waals surface area contributed by atoms with Crippen molar-refractivity contribution >= 4 is 21.6 Å². The molecule has 0 fully saturated rings. The Morgan fingerprint density at radius 1 is 1.00 bits per heavy atom. The van der Waals surface area contributed by atoms with E-state index in [9.17, 15) is 13.2 Å².